The van der Waals surface area contributed by atoms with E-state index in [0.29, 0.717) is 5.92 Å². The monoisotopic (exact) mass is 210 g/mol. The summed E-state index contributed by atoms with van der Waals surface area (Å²) in [4.78, 5) is 14.9. The summed E-state index contributed by atoms with van der Waals surface area (Å²) in [5, 5.41) is 8.93. The molecule has 0 aliphatic carbocycles. The molecule has 0 aromatic carbocycles. The first kappa shape index (κ1) is 11.8. The Bertz CT molecular complexity index is 342. The van der Waals surface area contributed by atoms with Crippen LogP contribution in [0, 0.1) is 12.8 Å². The highest BCUT2D eigenvalue weighted by atomic mass is 16.4. The minimum absolute atomic E-state index is 0.288. The molecule has 1 rings (SSSR count). The number of carboxylic acids is 1. The number of imidazole rings is 1. The molecule has 0 unspecified atom stereocenters. The largest absolute Gasteiger partial charge is 0.477 e. The zero-order valence-electron chi connectivity index (χ0n) is 9.53. The first-order chi connectivity index (χ1) is 7.02. The van der Waals surface area contributed by atoms with Crippen LogP contribution in [0.25, 0.3) is 0 Å². The minimum Gasteiger partial charge on any atom is -0.477 e. The molecule has 0 bridgehead atoms. The van der Waals surface area contributed by atoms with E-state index in [1.54, 1.807) is 4.57 Å². The molecule has 0 aliphatic rings. The molecule has 4 nitrogen and oxygen atoms in total. The van der Waals surface area contributed by atoms with Crippen molar-refractivity contribution in [1.82, 2.24) is 9.55 Å². The number of aryl methyl sites for hydroxylation is 1. The fourth-order valence-electron chi connectivity index (χ4n) is 1.58. The Hall–Kier alpha value is -1.32. The summed E-state index contributed by atoms with van der Waals surface area (Å²) in [7, 11) is 0. The van der Waals surface area contributed by atoms with E-state index >= 15 is 0 Å². The fraction of sp³-hybridized carbons (Fsp3) is 0.636. The normalized spacial score (nSPS) is 10.9. The molecule has 15 heavy (non-hydrogen) atoms. The van der Waals surface area contributed by atoms with E-state index in [0.717, 1.165) is 25.2 Å². The molecule has 1 N–H and O–H groups in total. The predicted octanol–water partition coefficient (Wildman–Crippen LogP) is 2.33. The van der Waals surface area contributed by atoms with Crippen LogP contribution in [-0.2, 0) is 6.54 Å². The van der Waals surface area contributed by atoms with Crippen molar-refractivity contribution in [3.63, 3.8) is 0 Å². The van der Waals surface area contributed by atoms with Crippen LogP contribution in [0.5, 0.6) is 0 Å². The van der Waals surface area contributed by atoms with Crippen molar-refractivity contribution in [1.29, 1.82) is 0 Å². The van der Waals surface area contributed by atoms with Crippen LogP contribution in [0.2, 0.25) is 0 Å². The number of hydrogen-bond donors (Lipinski definition) is 1. The zero-order chi connectivity index (χ0) is 11.4. The van der Waals surface area contributed by atoms with E-state index in [1.807, 2.05) is 6.92 Å². The van der Waals surface area contributed by atoms with E-state index in [1.165, 1.54) is 6.20 Å². The Kier molecular flexibility index (Phi) is 3.88. The van der Waals surface area contributed by atoms with Crippen LogP contribution >= 0.6 is 0 Å². The van der Waals surface area contributed by atoms with Crippen LogP contribution in [0.1, 0.15) is 43.0 Å². The third kappa shape index (κ3) is 3.08. The second-order valence-electron chi connectivity index (χ2n) is 4.18. The molecule has 1 heterocycles. The lowest BCUT2D eigenvalue weighted by molar-refractivity contribution is 0.0684. The quantitative estimate of drug-likeness (QED) is 0.811. The number of carbonyl (C=O) groups is 1. The first-order valence-corrected chi connectivity index (χ1v) is 5.27. The van der Waals surface area contributed by atoms with Gasteiger partial charge in [0.05, 0.1) is 6.20 Å². The van der Waals surface area contributed by atoms with Crippen molar-refractivity contribution in [3.05, 3.63) is 17.7 Å². The van der Waals surface area contributed by atoms with Gasteiger partial charge in [0.1, 0.15) is 11.5 Å². The molecule has 0 spiro atoms. The lowest BCUT2D eigenvalue weighted by Gasteiger charge is -2.08. The van der Waals surface area contributed by atoms with Crippen LogP contribution in [0.15, 0.2) is 6.20 Å². The van der Waals surface area contributed by atoms with Gasteiger partial charge in [0.25, 0.3) is 0 Å². The lowest BCUT2D eigenvalue weighted by Crippen LogP contribution is -2.10. The number of hydrogen-bond acceptors (Lipinski definition) is 2. The lowest BCUT2D eigenvalue weighted by atomic mass is 10.1. The van der Waals surface area contributed by atoms with Gasteiger partial charge < -0.3 is 9.67 Å². The molecule has 0 atom stereocenters. The van der Waals surface area contributed by atoms with Gasteiger partial charge in [-0.25, -0.2) is 9.78 Å². The Morgan fingerprint density at radius 1 is 1.60 bits per heavy atom. The Labute approximate surface area is 89.9 Å². The predicted molar refractivity (Wildman–Crippen MR) is 58.0 cm³/mol. The minimum atomic E-state index is -0.903. The third-order valence-electron chi connectivity index (χ3n) is 2.44. The van der Waals surface area contributed by atoms with Gasteiger partial charge >= 0.3 is 5.97 Å². The molecule has 1 aromatic rings. The van der Waals surface area contributed by atoms with Gasteiger partial charge in [-0.15, -0.1) is 0 Å². The van der Waals surface area contributed by atoms with Gasteiger partial charge in [-0.2, -0.15) is 0 Å². The number of aromatic nitrogens is 2. The van der Waals surface area contributed by atoms with Gasteiger partial charge in [0.2, 0.25) is 0 Å². The number of rotatable bonds is 5. The summed E-state index contributed by atoms with van der Waals surface area (Å²) in [6.45, 7) is 6.91. The molecule has 0 saturated carbocycles. The van der Waals surface area contributed by atoms with Crippen LogP contribution in [0.4, 0.5) is 0 Å². The Morgan fingerprint density at radius 3 is 2.80 bits per heavy atom. The molecule has 84 valence electrons. The highest BCUT2D eigenvalue weighted by molar-refractivity contribution is 5.85. The van der Waals surface area contributed by atoms with Crippen molar-refractivity contribution < 1.29 is 9.90 Å². The second-order valence-corrected chi connectivity index (χ2v) is 4.18. The van der Waals surface area contributed by atoms with E-state index < -0.39 is 5.97 Å². The van der Waals surface area contributed by atoms with Gasteiger partial charge in [0.15, 0.2) is 0 Å². The van der Waals surface area contributed by atoms with Gasteiger partial charge in [0, 0.05) is 6.54 Å². The molecular weight excluding hydrogens is 192 g/mol. The number of nitrogens with zero attached hydrogens (tertiary/aromatic N) is 2. The fourth-order valence-corrected chi connectivity index (χ4v) is 1.58. The van der Waals surface area contributed by atoms with E-state index in [2.05, 4.69) is 18.8 Å². The van der Waals surface area contributed by atoms with Gasteiger partial charge in [-0.1, -0.05) is 13.8 Å². The number of carboxylic acid groups (broad SMARTS) is 1. The van der Waals surface area contributed by atoms with Crippen LogP contribution < -0.4 is 0 Å². The Morgan fingerprint density at radius 2 is 2.27 bits per heavy atom. The Balaban J connectivity index is 2.66. The average molecular weight is 210 g/mol. The molecule has 4 heteroatoms. The topological polar surface area (TPSA) is 55.1 Å². The summed E-state index contributed by atoms with van der Waals surface area (Å²) in [5.41, 5.74) is 0.288. The van der Waals surface area contributed by atoms with Crippen LogP contribution in [-0.4, -0.2) is 20.6 Å². The van der Waals surface area contributed by atoms with Crippen molar-refractivity contribution >= 4 is 5.97 Å². The third-order valence-corrected chi connectivity index (χ3v) is 2.44. The molecule has 0 amide bonds. The molecular formula is C11H18N2O2. The average Bonchev–Trinajstić information content (AvgIpc) is 2.47. The van der Waals surface area contributed by atoms with Crippen molar-refractivity contribution in [2.75, 3.05) is 0 Å². The highest BCUT2D eigenvalue weighted by Gasteiger charge is 2.12. The molecule has 1 aromatic heterocycles. The summed E-state index contributed by atoms with van der Waals surface area (Å²) in [6, 6.07) is 0. The molecule has 0 saturated heterocycles. The standard InChI is InChI=1S/C11H18N2O2/c1-8(2)5-4-6-13-9(3)12-7-10(13)11(14)15/h7-8H,4-6H2,1-3H3,(H,14,15). The second kappa shape index (κ2) is 4.96. The SMILES string of the molecule is Cc1ncc(C(=O)O)n1CCCC(C)C. The van der Waals surface area contributed by atoms with E-state index in [-0.39, 0.29) is 5.69 Å². The maximum absolute atomic E-state index is 10.9. The smallest absolute Gasteiger partial charge is 0.354 e. The summed E-state index contributed by atoms with van der Waals surface area (Å²) in [5.74, 6) is 0.526. The summed E-state index contributed by atoms with van der Waals surface area (Å²) < 4.78 is 1.77. The van der Waals surface area contributed by atoms with Crippen LogP contribution in [0.3, 0.4) is 0 Å². The van der Waals surface area contributed by atoms with Gasteiger partial charge in [-0.3, -0.25) is 0 Å². The van der Waals surface area contributed by atoms with Crippen molar-refractivity contribution in [2.24, 2.45) is 5.92 Å². The summed E-state index contributed by atoms with van der Waals surface area (Å²) in [6.07, 6.45) is 3.53. The first-order valence-electron chi connectivity index (χ1n) is 5.27. The van der Waals surface area contributed by atoms with Gasteiger partial charge in [-0.05, 0) is 25.7 Å². The zero-order valence-corrected chi connectivity index (χ0v) is 9.53. The van der Waals surface area contributed by atoms with E-state index in [9.17, 15) is 4.79 Å². The number of aromatic carboxylic acids is 1. The van der Waals surface area contributed by atoms with E-state index in [4.69, 9.17) is 5.11 Å². The molecule has 0 aliphatic heterocycles. The molecule has 0 radical (unpaired) electrons. The highest BCUT2D eigenvalue weighted by Crippen LogP contribution is 2.10. The molecule has 0 fully saturated rings. The maximum Gasteiger partial charge on any atom is 0.354 e. The van der Waals surface area contributed by atoms with Crippen molar-refractivity contribution in [2.45, 2.75) is 40.2 Å². The summed E-state index contributed by atoms with van der Waals surface area (Å²) >= 11 is 0. The maximum atomic E-state index is 10.9. The van der Waals surface area contributed by atoms with Crippen molar-refractivity contribution in [3.8, 4) is 0 Å².